The third-order valence-electron chi connectivity index (χ3n) is 4.70. The molecule has 2 unspecified atom stereocenters. The van der Waals surface area contributed by atoms with E-state index in [-0.39, 0.29) is 11.5 Å². The van der Waals surface area contributed by atoms with Crippen LogP contribution in [0.5, 0.6) is 5.75 Å². The second kappa shape index (κ2) is 8.48. The number of nitrogens with zero attached hydrogens (tertiary/aromatic N) is 1. The molecule has 2 rings (SSSR count). The van der Waals surface area contributed by atoms with Gasteiger partial charge in [0.05, 0.1) is 0 Å². The van der Waals surface area contributed by atoms with E-state index in [2.05, 4.69) is 38.8 Å². The van der Waals surface area contributed by atoms with Gasteiger partial charge in [-0.25, -0.2) is 0 Å². The average Bonchev–Trinajstić information content (AvgIpc) is 3.00. The van der Waals surface area contributed by atoms with Crippen molar-refractivity contribution in [2.75, 3.05) is 6.61 Å². The van der Waals surface area contributed by atoms with E-state index in [1.165, 1.54) is 12.8 Å². The summed E-state index contributed by atoms with van der Waals surface area (Å²) < 4.78 is 12.3. The van der Waals surface area contributed by atoms with Crippen LogP contribution in [0.2, 0.25) is 0 Å². The Morgan fingerprint density at radius 3 is 2.54 bits per heavy atom. The molecule has 132 valence electrons. The van der Waals surface area contributed by atoms with Crippen molar-refractivity contribution in [2.24, 2.45) is 10.4 Å². The second-order valence-corrected chi connectivity index (χ2v) is 7.28. The Morgan fingerprint density at radius 1 is 1.17 bits per heavy atom. The summed E-state index contributed by atoms with van der Waals surface area (Å²) in [6.45, 7) is 9.52. The van der Waals surface area contributed by atoms with Crippen molar-refractivity contribution in [3.63, 3.8) is 0 Å². The average molecular weight is 329 g/mol. The lowest BCUT2D eigenvalue weighted by Crippen LogP contribution is -2.40. The highest BCUT2D eigenvalue weighted by Gasteiger charge is 2.40. The van der Waals surface area contributed by atoms with Gasteiger partial charge in [0.25, 0.3) is 0 Å². The van der Waals surface area contributed by atoms with Crippen molar-refractivity contribution in [2.45, 2.75) is 65.2 Å². The smallest absolute Gasteiger partial charge is 0.178 e. The summed E-state index contributed by atoms with van der Waals surface area (Å²) in [6, 6.07) is 9.99. The molecule has 3 nitrogen and oxygen atoms in total. The Hall–Kier alpha value is -1.61. The first-order chi connectivity index (χ1) is 11.5. The van der Waals surface area contributed by atoms with Gasteiger partial charge in [-0.15, -0.1) is 0 Å². The first-order valence-electron chi connectivity index (χ1n) is 9.06. The van der Waals surface area contributed by atoms with E-state index in [0.717, 1.165) is 25.2 Å². The van der Waals surface area contributed by atoms with Crippen LogP contribution in [0.1, 0.15) is 53.4 Å². The summed E-state index contributed by atoms with van der Waals surface area (Å²) in [5, 5.41) is 0. The SMILES string of the molecule is CCCCCOC1(CC(C)(C)C(C)Oc2ccccc2)C=CC=N1. The van der Waals surface area contributed by atoms with E-state index in [0.29, 0.717) is 0 Å². The predicted molar refractivity (Wildman–Crippen MR) is 101 cm³/mol. The highest BCUT2D eigenvalue weighted by atomic mass is 16.5. The van der Waals surface area contributed by atoms with Crippen molar-refractivity contribution in [3.8, 4) is 5.75 Å². The standard InChI is InChI=1S/C21H31NO2/c1-5-6-10-16-23-21(14-11-15-22-21)17-20(3,4)18(2)24-19-12-8-7-9-13-19/h7-9,11-15,18H,5-6,10,16-17H2,1-4H3. The van der Waals surface area contributed by atoms with Gasteiger partial charge in [0, 0.05) is 24.7 Å². The minimum Gasteiger partial charge on any atom is -0.490 e. The normalized spacial score (nSPS) is 21.2. The summed E-state index contributed by atoms with van der Waals surface area (Å²) >= 11 is 0. The fourth-order valence-corrected chi connectivity index (χ4v) is 2.91. The Labute approximate surface area is 146 Å². The highest BCUT2D eigenvalue weighted by Crippen LogP contribution is 2.38. The molecule has 24 heavy (non-hydrogen) atoms. The summed E-state index contributed by atoms with van der Waals surface area (Å²) in [4.78, 5) is 4.63. The van der Waals surface area contributed by atoms with Crippen molar-refractivity contribution in [1.29, 1.82) is 0 Å². The summed E-state index contributed by atoms with van der Waals surface area (Å²) in [7, 11) is 0. The molecule has 0 aliphatic carbocycles. The Balaban J connectivity index is 1.98. The quantitative estimate of drug-likeness (QED) is 0.537. The maximum absolute atomic E-state index is 6.19. The largest absolute Gasteiger partial charge is 0.490 e. The van der Waals surface area contributed by atoms with Gasteiger partial charge in [0.2, 0.25) is 0 Å². The van der Waals surface area contributed by atoms with Gasteiger partial charge in [0.1, 0.15) is 11.9 Å². The maximum Gasteiger partial charge on any atom is 0.178 e. The van der Waals surface area contributed by atoms with Gasteiger partial charge >= 0.3 is 0 Å². The van der Waals surface area contributed by atoms with E-state index in [1.807, 2.05) is 42.6 Å². The third-order valence-corrected chi connectivity index (χ3v) is 4.70. The molecule has 0 radical (unpaired) electrons. The monoisotopic (exact) mass is 329 g/mol. The minimum absolute atomic E-state index is 0.0558. The zero-order valence-corrected chi connectivity index (χ0v) is 15.5. The number of ether oxygens (including phenoxy) is 2. The van der Waals surface area contributed by atoms with Crippen LogP contribution in [0.15, 0.2) is 47.5 Å². The summed E-state index contributed by atoms with van der Waals surface area (Å²) in [5.74, 6) is 0.904. The molecule has 0 saturated carbocycles. The van der Waals surface area contributed by atoms with Crippen molar-refractivity contribution in [1.82, 2.24) is 0 Å². The van der Waals surface area contributed by atoms with Crippen LogP contribution in [-0.2, 0) is 4.74 Å². The molecular formula is C21H31NO2. The van der Waals surface area contributed by atoms with Gasteiger partial charge in [-0.05, 0) is 37.6 Å². The molecule has 1 aliphatic heterocycles. The molecule has 0 saturated heterocycles. The van der Waals surface area contributed by atoms with Crippen LogP contribution < -0.4 is 4.74 Å². The van der Waals surface area contributed by atoms with Crippen LogP contribution in [0, 0.1) is 5.41 Å². The lowest BCUT2D eigenvalue weighted by atomic mass is 9.79. The number of hydrogen-bond donors (Lipinski definition) is 0. The molecule has 1 aromatic carbocycles. The molecule has 0 bridgehead atoms. The fourth-order valence-electron chi connectivity index (χ4n) is 2.91. The molecule has 0 fully saturated rings. The van der Waals surface area contributed by atoms with E-state index in [9.17, 15) is 0 Å². The van der Waals surface area contributed by atoms with Gasteiger partial charge in [0.15, 0.2) is 5.72 Å². The number of hydrogen-bond acceptors (Lipinski definition) is 3. The van der Waals surface area contributed by atoms with Gasteiger partial charge in [-0.2, -0.15) is 0 Å². The fraction of sp³-hybridized carbons (Fsp3) is 0.571. The number of aliphatic imine (C=N–C) groups is 1. The molecule has 1 heterocycles. The van der Waals surface area contributed by atoms with Crippen LogP contribution in [0.3, 0.4) is 0 Å². The highest BCUT2D eigenvalue weighted by molar-refractivity contribution is 5.74. The van der Waals surface area contributed by atoms with E-state index < -0.39 is 5.72 Å². The molecule has 1 aromatic rings. The Morgan fingerprint density at radius 2 is 1.92 bits per heavy atom. The third kappa shape index (κ3) is 5.20. The molecule has 0 spiro atoms. The molecule has 0 amide bonds. The zero-order chi connectivity index (χ0) is 17.5. The number of para-hydroxylation sites is 1. The van der Waals surface area contributed by atoms with Crippen molar-refractivity contribution < 1.29 is 9.47 Å². The predicted octanol–water partition coefficient (Wildman–Crippen LogP) is 5.41. The number of allylic oxidation sites excluding steroid dienone is 1. The first kappa shape index (κ1) is 18.7. The minimum atomic E-state index is -0.536. The molecule has 1 aliphatic rings. The molecule has 0 aromatic heterocycles. The van der Waals surface area contributed by atoms with Gasteiger partial charge < -0.3 is 9.47 Å². The zero-order valence-electron chi connectivity index (χ0n) is 15.5. The van der Waals surface area contributed by atoms with Crippen LogP contribution in [0.4, 0.5) is 0 Å². The number of unbranched alkanes of at least 4 members (excludes halogenated alkanes) is 2. The topological polar surface area (TPSA) is 30.8 Å². The number of rotatable bonds is 10. The number of benzene rings is 1. The van der Waals surface area contributed by atoms with Crippen LogP contribution in [-0.4, -0.2) is 24.7 Å². The van der Waals surface area contributed by atoms with Crippen LogP contribution in [0.25, 0.3) is 0 Å². The lowest BCUT2D eigenvalue weighted by Gasteiger charge is -2.38. The van der Waals surface area contributed by atoms with Gasteiger partial charge in [-0.1, -0.05) is 51.8 Å². The van der Waals surface area contributed by atoms with E-state index >= 15 is 0 Å². The summed E-state index contributed by atoms with van der Waals surface area (Å²) in [6.07, 6.45) is 10.2. The van der Waals surface area contributed by atoms with Gasteiger partial charge in [-0.3, -0.25) is 4.99 Å². The lowest BCUT2D eigenvalue weighted by molar-refractivity contribution is -0.0512. The second-order valence-electron chi connectivity index (χ2n) is 7.28. The molecular weight excluding hydrogens is 298 g/mol. The molecule has 2 atom stereocenters. The maximum atomic E-state index is 6.19. The first-order valence-corrected chi connectivity index (χ1v) is 9.06. The molecule has 3 heteroatoms. The van der Waals surface area contributed by atoms with Crippen molar-refractivity contribution in [3.05, 3.63) is 42.5 Å². The van der Waals surface area contributed by atoms with Crippen molar-refractivity contribution >= 4 is 6.21 Å². The van der Waals surface area contributed by atoms with E-state index in [4.69, 9.17) is 9.47 Å². The molecule has 0 N–H and O–H groups in total. The van der Waals surface area contributed by atoms with Crippen LogP contribution >= 0.6 is 0 Å². The summed E-state index contributed by atoms with van der Waals surface area (Å²) in [5.41, 5.74) is -0.613. The van der Waals surface area contributed by atoms with E-state index in [1.54, 1.807) is 0 Å². The Kier molecular flexibility index (Phi) is 6.61. The Bertz CT molecular complexity index is 536.